The van der Waals surface area contributed by atoms with E-state index in [1.165, 1.54) is 18.2 Å². The molecule has 0 aliphatic rings. The Morgan fingerprint density at radius 3 is 2.26 bits per heavy atom. The zero-order chi connectivity index (χ0) is 14.7. The van der Waals surface area contributed by atoms with Gasteiger partial charge in [0.2, 0.25) is 20.0 Å². The predicted molar refractivity (Wildman–Crippen MR) is 74.2 cm³/mol. The normalized spacial score (nSPS) is 12.6. The van der Waals surface area contributed by atoms with E-state index in [2.05, 4.69) is 4.72 Å². The van der Waals surface area contributed by atoms with Gasteiger partial charge in [-0.15, -0.1) is 0 Å². The number of benzene rings is 1. The molecule has 0 atom stereocenters. The summed E-state index contributed by atoms with van der Waals surface area (Å²) in [6, 6.07) is 3.88. The van der Waals surface area contributed by atoms with Crippen LogP contribution in [0.25, 0.3) is 0 Å². The van der Waals surface area contributed by atoms with Gasteiger partial charge in [-0.3, -0.25) is 0 Å². The number of hydrogen-bond donors (Lipinski definition) is 2. The second kappa shape index (κ2) is 6.38. The molecule has 0 saturated heterocycles. The summed E-state index contributed by atoms with van der Waals surface area (Å²) in [7, 11) is -7.34. The SMILES string of the molecule is NS(=O)(=O)CCCNS(=O)(=O)c1ccc(Cl)c(Cl)c1. The second-order valence-electron chi connectivity index (χ2n) is 3.69. The Hall–Kier alpha value is -0.380. The van der Waals surface area contributed by atoms with Crippen LogP contribution in [-0.2, 0) is 20.0 Å². The average molecular weight is 347 g/mol. The molecule has 0 spiro atoms. The smallest absolute Gasteiger partial charge is 0.229 e. The zero-order valence-corrected chi connectivity index (χ0v) is 12.8. The zero-order valence-electron chi connectivity index (χ0n) is 9.64. The van der Waals surface area contributed by atoms with E-state index < -0.39 is 20.0 Å². The van der Waals surface area contributed by atoms with Gasteiger partial charge in [0, 0.05) is 6.54 Å². The molecule has 0 aliphatic heterocycles. The van der Waals surface area contributed by atoms with E-state index >= 15 is 0 Å². The molecule has 108 valence electrons. The van der Waals surface area contributed by atoms with Gasteiger partial charge in [0.05, 0.1) is 20.7 Å². The lowest BCUT2D eigenvalue weighted by Gasteiger charge is -2.07. The third-order valence-electron chi connectivity index (χ3n) is 2.10. The van der Waals surface area contributed by atoms with Crippen LogP contribution in [-0.4, -0.2) is 29.1 Å². The van der Waals surface area contributed by atoms with Crippen molar-refractivity contribution in [1.82, 2.24) is 4.72 Å². The summed E-state index contributed by atoms with van der Waals surface area (Å²) >= 11 is 11.4. The van der Waals surface area contributed by atoms with Gasteiger partial charge in [-0.05, 0) is 24.6 Å². The molecular weight excluding hydrogens is 335 g/mol. The molecule has 6 nitrogen and oxygen atoms in total. The van der Waals surface area contributed by atoms with Crippen LogP contribution in [0.5, 0.6) is 0 Å². The van der Waals surface area contributed by atoms with Crippen LogP contribution >= 0.6 is 23.2 Å². The number of hydrogen-bond acceptors (Lipinski definition) is 4. The minimum Gasteiger partial charge on any atom is -0.229 e. The fourth-order valence-electron chi connectivity index (χ4n) is 1.21. The average Bonchev–Trinajstić information content (AvgIpc) is 2.27. The summed E-state index contributed by atoms with van der Waals surface area (Å²) < 4.78 is 47.3. The lowest BCUT2D eigenvalue weighted by Crippen LogP contribution is -2.27. The maximum Gasteiger partial charge on any atom is 0.240 e. The number of nitrogens with two attached hydrogens (primary N) is 1. The van der Waals surface area contributed by atoms with E-state index in [0.717, 1.165) is 0 Å². The molecule has 1 rings (SSSR count). The Balaban J connectivity index is 2.68. The van der Waals surface area contributed by atoms with E-state index in [1.54, 1.807) is 0 Å². The van der Waals surface area contributed by atoms with Crippen LogP contribution in [0.15, 0.2) is 23.1 Å². The Morgan fingerprint density at radius 2 is 1.74 bits per heavy atom. The highest BCUT2D eigenvalue weighted by atomic mass is 35.5. The minimum absolute atomic E-state index is 0.0426. The lowest BCUT2D eigenvalue weighted by molar-refractivity contribution is 0.576. The number of rotatable bonds is 6. The van der Waals surface area contributed by atoms with Crippen molar-refractivity contribution < 1.29 is 16.8 Å². The van der Waals surface area contributed by atoms with E-state index in [0.29, 0.717) is 0 Å². The monoisotopic (exact) mass is 346 g/mol. The Morgan fingerprint density at radius 1 is 1.11 bits per heavy atom. The van der Waals surface area contributed by atoms with Gasteiger partial charge < -0.3 is 0 Å². The number of sulfonamides is 2. The third-order valence-corrected chi connectivity index (χ3v) is 5.15. The molecule has 0 aromatic heterocycles. The highest BCUT2D eigenvalue weighted by Gasteiger charge is 2.15. The molecule has 0 unspecified atom stereocenters. The van der Waals surface area contributed by atoms with E-state index in [9.17, 15) is 16.8 Å². The largest absolute Gasteiger partial charge is 0.240 e. The van der Waals surface area contributed by atoms with Crippen LogP contribution in [0.1, 0.15) is 6.42 Å². The molecule has 0 radical (unpaired) electrons. The van der Waals surface area contributed by atoms with Crippen LogP contribution < -0.4 is 9.86 Å². The van der Waals surface area contributed by atoms with Crippen molar-refractivity contribution in [1.29, 1.82) is 0 Å². The van der Waals surface area contributed by atoms with Gasteiger partial charge in [-0.2, -0.15) is 0 Å². The number of halogens is 2. The van der Waals surface area contributed by atoms with E-state index in [1.807, 2.05) is 0 Å². The van der Waals surface area contributed by atoms with Gasteiger partial charge >= 0.3 is 0 Å². The molecule has 0 aliphatic carbocycles. The molecule has 0 fully saturated rings. The fourth-order valence-corrected chi connectivity index (χ4v) is 3.22. The van der Waals surface area contributed by atoms with E-state index in [-0.39, 0.29) is 33.7 Å². The summed E-state index contributed by atoms with van der Waals surface area (Å²) in [4.78, 5) is -0.0440. The molecule has 19 heavy (non-hydrogen) atoms. The molecule has 3 N–H and O–H groups in total. The number of primary sulfonamides is 1. The van der Waals surface area contributed by atoms with E-state index in [4.69, 9.17) is 28.3 Å². The maximum absolute atomic E-state index is 11.8. The van der Waals surface area contributed by atoms with Gasteiger partial charge in [-0.1, -0.05) is 23.2 Å². The Labute approximate surface area is 122 Å². The van der Waals surface area contributed by atoms with Gasteiger partial charge in [-0.25, -0.2) is 26.7 Å². The predicted octanol–water partition coefficient (Wildman–Crippen LogP) is 0.950. The summed E-state index contributed by atoms with van der Waals surface area (Å²) in [6.07, 6.45) is 0.0827. The first-order valence-corrected chi connectivity index (χ1v) is 9.02. The highest BCUT2D eigenvalue weighted by molar-refractivity contribution is 7.89. The first kappa shape index (κ1) is 16.7. The summed E-state index contributed by atoms with van der Waals surface area (Å²) in [5.74, 6) is -0.295. The van der Waals surface area contributed by atoms with Crippen molar-refractivity contribution in [3.63, 3.8) is 0 Å². The molecular formula is C9H12Cl2N2O4S2. The van der Waals surface area contributed by atoms with Crippen molar-refractivity contribution in [3.05, 3.63) is 28.2 Å². The number of nitrogens with one attached hydrogen (secondary N) is 1. The third kappa shape index (κ3) is 5.64. The Bertz CT molecular complexity index is 659. The van der Waals surface area contributed by atoms with Crippen LogP contribution in [0, 0.1) is 0 Å². The molecule has 10 heteroatoms. The first-order valence-electron chi connectivity index (χ1n) is 5.07. The summed E-state index contributed by atoms with van der Waals surface area (Å²) in [5, 5.41) is 5.16. The van der Waals surface area contributed by atoms with Crippen molar-refractivity contribution in [3.8, 4) is 0 Å². The molecule has 0 bridgehead atoms. The van der Waals surface area contributed by atoms with Crippen molar-refractivity contribution >= 4 is 43.2 Å². The quantitative estimate of drug-likeness (QED) is 0.747. The van der Waals surface area contributed by atoms with Crippen molar-refractivity contribution in [2.24, 2.45) is 5.14 Å². The minimum atomic E-state index is -3.75. The molecule has 0 saturated carbocycles. The second-order valence-corrected chi connectivity index (χ2v) is 8.01. The molecule has 1 aromatic carbocycles. The molecule has 0 heterocycles. The first-order chi connectivity index (χ1) is 8.62. The standard InChI is InChI=1S/C9H12Cl2N2O4S2/c10-8-3-2-7(6-9(8)11)19(16,17)13-4-1-5-18(12,14)15/h2-3,6,13H,1,4-5H2,(H2,12,14,15). The van der Waals surface area contributed by atoms with Gasteiger partial charge in [0.15, 0.2) is 0 Å². The fraction of sp³-hybridized carbons (Fsp3) is 0.333. The summed E-state index contributed by atoms with van der Waals surface area (Å²) in [5.41, 5.74) is 0. The van der Waals surface area contributed by atoms with Crippen molar-refractivity contribution in [2.75, 3.05) is 12.3 Å². The molecule has 0 amide bonds. The van der Waals surface area contributed by atoms with Crippen LogP contribution in [0.4, 0.5) is 0 Å². The highest BCUT2D eigenvalue weighted by Crippen LogP contribution is 2.24. The molecule has 1 aromatic rings. The van der Waals surface area contributed by atoms with Gasteiger partial charge in [0.1, 0.15) is 0 Å². The van der Waals surface area contributed by atoms with Gasteiger partial charge in [0.25, 0.3) is 0 Å². The summed E-state index contributed by atoms with van der Waals surface area (Å²) in [6.45, 7) is -0.0426. The van der Waals surface area contributed by atoms with Crippen LogP contribution in [0.2, 0.25) is 10.0 Å². The van der Waals surface area contributed by atoms with Crippen LogP contribution in [0.3, 0.4) is 0 Å². The maximum atomic E-state index is 11.8. The lowest BCUT2D eigenvalue weighted by atomic mass is 10.4. The van der Waals surface area contributed by atoms with Crippen molar-refractivity contribution in [2.45, 2.75) is 11.3 Å². The Kier molecular flexibility index (Phi) is 5.60. The topological polar surface area (TPSA) is 106 Å².